The normalized spacial score (nSPS) is 11.4. The monoisotopic (exact) mass is 642 g/mol. The summed E-state index contributed by atoms with van der Waals surface area (Å²) < 4.78 is 14.7. The molecule has 0 aliphatic carbocycles. The highest BCUT2D eigenvalue weighted by Crippen LogP contribution is 2.19. The van der Waals surface area contributed by atoms with Crippen molar-refractivity contribution in [2.75, 3.05) is 0 Å². The average molecular weight is 643 g/mol. The van der Waals surface area contributed by atoms with Gasteiger partial charge < -0.3 is 10.4 Å². The zero-order chi connectivity index (χ0) is 33.3. The summed E-state index contributed by atoms with van der Waals surface area (Å²) in [5, 5.41) is 14.7. The third kappa shape index (κ3) is 11.6. The van der Waals surface area contributed by atoms with E-state index in [4.69, 9.17) is 5.11 Å². The molecule has 0 aliphatic rings. The summed E-state index contributed by atoms with van der Waals surface area (Å²) in [7, 11) is 0. The second-order valence-corrected chi connectivity index (χ2v) is 12.1. The topological polar surface area (TPSA) is 117 Å². The number of halogens is 1. The van der Waals surface area contributed by atoms with Crippen molar-refractivity contribution in [3.8, 4) is 11.3 Å². The fraction of sp³-hybridized carbons (Fsp3) is 0.421. The fourth-order valence-electron chi connectivity index (χ4n) is 5.68. The SMILES string of the molecule is O=C(O)CCCCCCC/C=C\CCCCCCCCc1c(C(=O)NCc2ccc(F)cc2)nc2cc(-c3ccccc3)[nH]n2c1=O. The molecule has 9 heteroatoms. The lowest BCUT2D eigenvalue weighted by Gasteiger charge is -2.10. The predicted octanol–water partition coefficient (Wildman–Crippen LogP) is 8.40. The molecule has 3 N–H and O–H groups in total. The van der Waals surface area contributed by atoms with Crippen LogP contribution in [0.25, 0.3) is 16.9 Å². The van der Waals surface area contributed by atoms with Gasteiger partial charge in [-0.3, -0.25) is 19.5 Å². The molecular formula is C38H47FN4O4. The Morgan fingerprint density at radius 3 is 2.11 bits per heavy atom. The first-order valence-electron chi connectivity index (χ1n) is 17.0. The molecule has 4 rings (SSSR count). The van der Waals surface area contributed by atoms with E-state index < -0.39 is 11.9 Å². The molecule has 47 heavy (non-hydrogen) atoms. The number of carbonyl (C=O) groups excluding carboxylic acids is 1. The number of hydrogen-bond donors (Lipinski definition) is 3. The van der Waals surface area contributed by atoms with Crippen molar-refractivity contribution in [2.45, 2.75) is 103 Å². The third-order valence-corrected chi connectivity index (χ3v) is 8.35. The van der Waals surface area contributed by atoms with E-state index in [1.165, 1.54) is 16.6 Å². The number of aromatic nitrogens is 3. The van der Waals surface area contributed by atoms with Crippen molar-refractivity contribution in [3.05, 3.63) is 106 Å². The smallest absolute Gasteiger partial charge is 0.303 e. The molecule has 0 fully saturated rings. The number of carboxylic acid groups (broad SMARTS) is 1. The number of allylic oxidation sites excluding steroid dienone is 2. The van der Waals surface area contributed by atoms with E-state index in [9.17, 15) is 18.8 Å². The van der Waals surface area contributed by atoms with Gasteiger partial charge in [0.05, 0.1) is 11.3 Å². The van der Waals surface area contributed by atoms with Crippen molar-refractivity contribution in [2.24, 2.45) is 0 Å². The maximum Gasteiger partial charge on any atom is 0.303 e. The molecule has 2 aromatic heterocycles. The molecule has 0 radical (unpaired) electrons. The van der Waals surface area contributed by atoms with Crippen LogP contribution in [0.2, 0.25) is 0 Å². The number of rotatable bonds is 21. The zero-order valence-corrected chi connectivity index (χ0v) is 27.2. The van der Waals surface area contributed by atoms with Crippen LogP contribution in [0.3, 0.4) is 0 Å². The van der Waals surface area contributed by atoms with Crippen LogP contribution in [0.15, 0.2) is 77.6 Å². The van der Waals surface area contributed by atoms with E-state index in [1.54, 1.807) is 18.2 Å². The minimum Gasteiger partial charge on any atom is -0.481 e. The number of aromatic amines is 1. The van der Waals surface area contributed by atoms with Crippen molar-refractivity contribution in [3.63, 3.8) is 0 Å². The van der Waals surface area contributed by atoms with Gasteiger partial charge in [0.2, 0.25) is 0 Å². The maximum absolute atomic E-state index is 13.7. The highest BCUT2D eigenvalue weighted by atomic mass is 19.1. The molecule has 0 bridgehead atoms. The second-order valence-electron chi connectivity index (χ2n) is 12.1. The molecule has 2 heterocycles. The van der Waals surface area contributed by atoms with E-state index in [2.05, 4.69) is 27.6 Å². The van der Waals surface area contributed by atoms with Crippen LogP contribution >= 0.6 is 0 Å². The van der Waals surface area contributed by atoms with Gasteiger partial charge in [-0.2, -0.15) is 0 Å². The lowest BCUT2D eigenvalue weighted by molar-refractivity contribution is -0.137. The number of H-pyrrole nitrogens is 1. The number of nitrogens with zero attached hydrogens (tertiary/aromatic N) is 2. The van der Waals surface area contributed by atoms with Gasteiger partial charge in [-0.25, -0.2) is 13.9 Å². The third-order valence-electron chi connectivity index (χ3n) is 8.35. The van der Waals surface area contributed by atoms with Crippen LogP contribution in [0.4, 0.5) is 4.39 Å². The Kier molecular flexibility index (Phi) is 14.4. The Balaban J connectivity index is 1.25. The number of nitrogens with one attached hydrogen (secondary N) is 2. The minimum absolute atomic E-state index is 0.140. The molecule has 0 spiro atoms. The summed E-state index contributed by atoms with van der Waals surface area (Å²) in [5.41, 5.74) is 3.06. The van der Waals surface area contributed by atoms with Crippen LogP contribution in [-0.4, -0.2) is 31.6 Å². The van der Waals surface area contributed by atoms with Crippen LogP contribution in [0.1, 0.15) is 112 Å². The largest absolute Gasteiger partial charge is 0.481 e. The summed E-state index contributed by atoms with van der Waals surface area (Å²) in [6.45, 7) is 0.202. The Morgan fingerprint density at radius 1 is 0.830 bits per heavy atom. The van der Waals surface area contributed by atoms with Gasteiger partial charge >= 0.3 is 5.97 Å². The van der Waals surface area contributed by atoms with E-state index in [-0.39, 0.29) is 30.0 Å². The maximum atomic E-state index is 13.7. The van der Waals surface area contributed by atoms with Crippen LogP contribution in [-0.2, 0) is 17.8 Å². The number of carboxylic acids is 1. The van der Waals surface area contributed by atoms with Gasteiger partial charge in [0.1, 0.15) is 11.5 Å². The van der Waals surface area contributed by atoms with E-state index >= 15 is 0 Å². The Morgan fingerprint density at radius 2 is 1.45 bits per heavy atom. The summed E-state index contributed by atoms with van der Waals surface area (Å²) in [6, 6.07) is 17.4. The predicted molar refractivity (Wildman–Crippen MR) is 184 cm³/mol. The summed E-state index contributed by atoms with van der Waals surface area (Å²) >= 11 is 0. The van der Waals surface area contributed by atoms with Gasteiger partial charge in [-0.1, -0.05) is 99.6 Å². The number of aliphatic carboxylic acids is 1. The molecule has 0 saturated heterocycles. The minimum atomic E-state index is -0.706. The molecule has 0 atom stereocenters. The standard InChI is InChI=1S/C38H47FN4O4/c39-31-25-23-29(24-26-31)28-40-37(46)36-32(38(47)43-34(41-36)27-33(42-43)30-19-15-14-16-20-30)21-17-12-10-8-6-4-2-1-3-5-7-9-11-13-18-22-35(44)45/h1,3,14-16,19-20,23-27,42H,2,4-13,17-18,21-22,28H2,(H,40,46)(H,44,45)/b3-1-. The number of benzene rings is 2. The molecule has 250 valence electrons. The Bertz CT molecular complexity index is 1640. The van der Waals surface area contributed by atoms with Crippen molar-refractivity contribution >= 4 is 17.5 Å². The van der Waals surface area contributed by atoms with Gasteiger partial charge in [0, 0.05) is 19.0 Å². The molecule has 1 amide bonds. The molecule has 8 nitrogen and oxygen atoms in total. The first-order chi connectivity index (χ1) is 22.9. The van der Waals surface area contributed by atoms with Gasteiger partial charge in [0.15, 0.2) is 5.65 Å². The van der Waals surface area contributed by atoms with E-state index in [0.717, 1.165) is 100 Å². The molecular weight excluding hydrogens is 595 g/mol. The number of amides is 1. The van der Waals surface area contributed by atoms with E-state index in [1.807, 2.05) is 30.3 Å². The number of carbonyl (C=O) groups is 2. The van der Waals surface area contributed by atoms with Crippen molar-refractivity contribution < 1.29 is 19.1 Å². The van der Waals surface area contributed by atoms with Gasteiger partial charge in [0.25, 0.3) is 11.5 Å². The zero-order valence-electron chi connectivity index (χ0n) is 27.2. The van der Waals surface area contributed by atoms with Crippen LogP contribution in [0, 0.1) is 5.82 Å². The van der Waals surface area contributed by atoms with E-state index in [0.29, 0.717) is 17.6 Å². The number of fused-ring (bicyclic) bond motifs is 1. The number of unbranched alkanes of at least 4 members (excludes halogenated alkanes) is 11. The molecule has 0 unspecified atom stereocenters. The summed E-state index contributed by atoms with van der Waals surface area (Å²) in [4.78, 5) is 42.2. The summed E-state index contributed by atoms with van der Waals surface area (Å²) in [5.74, 6) is -1.47. The summed E-state index contributed by atoms with van der Waals surface area (Å²) in [6.07, 6.45) is 18.9. The highest BCUT2D eigenvalue weighted by Gasteiger charge is 2.20. The quantitative estimate of drug-likeness (QED) is 0.0623. The first kappa shape index (κ1) is 35.3. The molecule has 2 aromatic carbocycles. The lowest BCUT2D eigenvalue weighted by atomic mass is 10.0. The van der Waals surface area contributed by atoms with Crippen molar-refractivity contribution in [1.29, 1.82) is 0 Å². The van der Waals surface area contributed by atoms with Crippen LogP contribution in [0.5, 0.6) is 0 Å². The average Bonchev–Trinajstić information content (AvgIpc) is 3.51. The molecule has 0 saturated carbocycles. The van der Waals surface area contributed by atoms with Crippen molar-refractivity contribution in [1.82, 2.24) is 19.9 Å². The molecule has 4 aromatic rings. The van der Waals surface area contributed by atoms with Gasteiger partial charge in [-0.15, -0.1) is 0 Å². The molecule has 0 aliphatic heterocycles. The Hall–Kier alpha value is -4.53. The lowest BCUT2D eigenvalue weighted by Crippen LogP contribution is -2.31. The van der Waals surface area contributed by atoms with Crippen LogP contribution < -0.4 is 10.9 Å². The number of hydrogen-bond acceptors (Lipinski definition) is 4. The first-order valence-corrected chi connectivity index (χ1v) is 17.0. The Labute approximate surface area is 276 Å². The highest BCUT2D eigenvalue weighted by molar-refractivity contribution is 5.94. The van der Waals surface area contributed by atoms with Gasteiger partial charge in [-0.05, 0) is 68.2 Å². The second kappa shape index (κ2) is 19.2. The fourth-order valence-corrected chi connectivity index (χ4v) is 5.68.